The maximum absolute atomic E-state index is 4.93. The van der Waals surface area contributed by atoms with Crippen LogP contribution in [0.1, 0.15) is 0 Å². The number of nitrogens with zero attached hydrogens (tertiary/aromatic N) is 1. The van der Waals surface area contributed by atoms with Gasteiger partial charge in [-0.25, -0.2) is 0 Å². The lowest BCUT2D eigenvalue weighted by atomic mass is 10.1. The van der Waals surface area contributed by atoms with Crippen LogP contribution in [-0.4, -0.2) is 5.16 Å². The molecule has 0 atom stereocenters. The molecule has 1 aromatic carbocycles. The maximum Gasteiger partial charge on any atom is 0.159 e. The Labute approximate surface area is 75.8 Å². The van der Waals surface area contributed by atoms with E-state index in [1.54, 1.807) is 0 Å². The number of aromatic nitrogens is 1. The largest absolute Gasteiger partial charge is 0.356 e. The summed E-state index contributed by atoms with van der Waals surface area (Å²) in [5.41, 5.74) is 2.30. The van der Waals surface area contributed by atoms with E-state index in [-0.39, 0.29) is 0 Å². The third-order valence-corrected chi connectivity index (χ3v) is 1.92. The van der Waals surface area contributed by atoms with E-state index in [1.165, 1.54) is 0 Å². The highest BCUT2D eigenvalue weighted by atomic mass is 16.5. The molecule has 0 amide bonds. The summed E-state index contributed by atoms with van der Waals surface area (Å²) in [6, 6.07) is 9.79. The summed E-state index contributed by atoms with van der Waals surface area (Å²) in [6.45, 7) is 7.51. The van der Waals surface area contributed by atoms with Crippen molar-refractivity contribution >= 4 is 13.2 Å². The van der Waals surface area contributed by atoms with Crippen LogP contribution in [0.15, 0.2) is 34.9 Å². The summed E-state index contributed by atoms with van der Waals surface area (Å²) in [5, 5.41) is 4.64. The molecular weight excluding hydrogens is 162 g/mol. The lowest BCUT2D eigenvalue weighted by Crippen LogP contribution is -2.17. The highest BCUT2D eigenvalue weighted by molar-refractivity contribution is 5.58. The van der Waals surface area contributed by atoms with Crippen LogP contribution in [-0.2, 0) is 0 Å². The molecule has 64 valence electrons. The normalized spacial score (nSPS) is 10.2. The predicted octanol–water partition coefficient (Wildman–Crippen LogP) is 1.16. The van der Waals surface area contributed by atoms with Crippen LogP contribution < -0.4 is 10.6 Å². The van der Waals surface area contributed by atoms with Gasteiger partial charge in [-0.2, -0.15) is 0 Å². The summed E-state index contributed by atoms with van der Waals surface area (Å²) < 4.78 is 4.93. The second kappa shape index (κ2) is 2.90. The van der Waals surface area contributed by atoms with Gasteiger partial charge in [0.25, 0.3) is 0 Å². The van der Waals surface area contributed by atoms with Crippen LogP contribution in [0.3, 0.4) is 0 Å². The van der Waals surface area contributed by atoms with E-state index in [0.717, 1.165) is 16.5 Å². The summed E-state index contributed by atoms with van der Waals surface area (Å²) in [7, 11) is 0. The molecule has 0 unspecified atom stereocenters. The smallest absolute Gasteiger partial charge is 0.159 e. The van der Waals surface area contributed by atoms with E-state index in [1.807, 2.05) is 30.3 Å². The minimum Gasteiger partial charge on any atom is -0.356 e. The van der Waals surface area contributed by atoms with Crippen molar-refractivity contribution in [2.24, 2.45) is 0 Å². The monoisotopic (exact) mass is 171 g/mol. The second-order valence-corrected chi connectivity index (χ2v) is 2.80. The molecule has 0 saturated heterocycles. The fraction of sp³-hybridized carbons (Fsp3) is 0. The van der Waals surface area contributed by atoms with Crippen molar-refractivity contribution < 1.29 is 4.52 Å². The van der Waals surface area contributed by atoms with Gasteiger partial charge in [0.2, 0.25) is 0 Å². The Morgan fingerprint density at radius 2 is 1.77 bits per heavy atom. The summed E-state index contributed by atoms with van der Waals surface area (Å²) in [4.78, 5) is 0. The molecule has 0 N–H and O–H groups in total. The molecule has 1 heterocycles. The average Bonchev–Trinajstić information content (AvgIpc) is 2.49. The van der Waals surface area contributed by atoms with E-state index in [0.29, 0.717) is 5.42 Å². The van der Waals surface area contributed by atoms with Crippen LogP contribution in [0, 0.1) is 0 Å². The second-order valence-electron chi connectivity index (χ2n) is 2.80. The molecule has 0 saturated carbocycles. The molecule has 0 bridgehead atoms. The van der Waals surface area contributed by atoms with E-state index in [4.69, 9.17) is 4.52 Å². The van der Waals surface area contributed by atoms with Crippen molar-refractivity contribution in [3.8, 4) is 11.3 Å². The summed E-state index contributed by atoms with van der Waals surface area (Å²) in [5.74, 6) is 0. The molecule has 0 radical (unpaired) electrons. The molecule has 0 aliphatic rings. The van der Waals surface area contributed by atoms with Crippen LogP contribution >= 0.6 is 0 Å². The first-order chi connectivity index (χ1) is 6.29. The molecule has 2 heteroatoms. The molecule has 0 fully saturated rings. The molecule has 13 heavy (non-hydrogen) atoms. The summed E-state index contributed by atoms with van der Waals surface area (Å²) >= 11 is 0. The van der Waals surface area contributed by atoms with Crippen LogP contribution in [0.4, 0.5) is 0 Å². The van der Waals surface area contributed by atoms with E-state index in [2.05, 4.69) is 18.3 Å². The number of hydrogen-bond donors (Lipinski definition) is 0. The Hall–Kier alpha value is -1.83. The van der Waals surface area contributed by atoms with Gasteiger partial charge in [0.15, 0.2) is 5.42 Å². The van der Waals surface area contributed by atoms with Gasteiger partial charge in [-0.05, 0) is 0 Å². The van der Waals surface area contributed by atoms with Crippen molar-refractivity contribution in [2.45, 2.75) is 0 Å². The van der Waals surface area contributed by atoms with Crippen LogP contribution in [0.5, 0.6) is 0 Å². The third-order valence-electron chi connectivity index (χ3n) is 1.92. The molecule has 2 aromatic rings. The topological polar surface area (TPSA) is 26.0 Å². The molecule has 0 aliphatic carbocycles. The zero-order chi connectivity index (χ0) is 9.26. The zero-order valence-electron chi connectivity index (χ0n) is 7.16. The average molecular weight is 171 g/mol. The molecule has 0 spiro atoms. The molecular formula is C11H9NO. The van der Waals surface area contributed by atoms with Crippen molar-refractivity contribution in [2.75, 3.05) is 0 Å². The van der Waals surface area contributed by atoms with Crippen molar-refractivity contribution in [1.29, 1.82) is 0 Å². The van der Waals surface area contributed by atoms with Gasteiger partial charge >= 0.3 is 0 Å². The first kappa shape index (κ1) is 7.80. The molecule has 1 aromatic heterocycles. The zero-order valence-corrected chi connectivity index (χ0v) is 7.16. The van der Waals surface area contributed by atoms with Crippen LogP contribution in [0.2, 0.25) is 0 Å². The van der Waals surface area contributed by atoms with Gasteiger partial charge in [0.1, 0.15) is 5.69 Å². The minimum absolute atomic E-state index is 0.527. The molecule has 2 rings (SSSR count). The number of rotatable bonds is 1. The van der Waals surface area contributed by atoms with Crippen LogP contribution in [0.25, 0.3) is 24.4 Å². The fourth-order valence-corrected chi connectivity index (χ4v) is 1.17. The Morgan fingerprint density at radius 1 is 1.08 bits per heavy atom. The highest BCUT2D eigenvalue weighted by Gasteiger charge is 2.02. The van der Waals surface area contributed by atoms with Gasteiger partial charge in [-0.1, -0.05) is 48.6 Å². The lowest BCUT2D eigenvalue weighted by molar-refractivity contribution is 0.397. The maximum atomic E-state index is 4.93. The van der Waals surface area contributed by atoms with E-state index < -0.39 is 0 Å². The van der Waals surface area contributed by atoms with Gasteiger partial charge in [0, 0.05) is 10.8 Å². The predicted molar refractivity (Wildman–Crippen MR) is 52.2 cm³/mol. The first-order valence-corrected chi connectivity index (χ1v) is 3.98. The Kier molecular flexibility index (Phi) is 1.74. The summed E-state index contributed by atoms with van der Waals surface area (Å²) in [6.07, 6.45) is 0. The minimum atomic E-state index is 0.527. The van der Waals surface area contributed by atoms with Crippen molar-refractivity contribution in [3.63, 3.8) is 0 Å². The van der Waals surface area contributed by atoms with E-state index >= 15 is 0 Å². The fourth-order valence-electron chi connectivity index (χ4n) is 1.17. The third kappa shape index (κ3) is 1.26. The quantitative estimate of drug-likeness (QED) is 0.643. The number of benzene rings is 1. The first-order valence-electron chi connectivity index (χ1n) is 3.98. The van der Waals surface area contributed by atoms with Gasteiger partial charge in [-0.3, -0.25) is 0 Å². The van der Waals surface area contributed by atoms with Gasteiger partial charge < -0.3 is 4.52 Å². The SMILES string of the molecule is C=c1onc(-c2ccccc2)c1=C. The number of hydrogen-bond acceptors (Lipinski definition) is 2. The van der Waals surface area contributed by atoms with Gasteiger partial charge in [0.05, 0.1) is 0 Å². The Morgan fingerprint density at radius 3 is 2.31 bits per heavy atom. The lowest BCUT2D eigenvalue weighted by Gasteiger charge is -1.91. The molecule has 0 aliphatic heterocycles. The van der Waals surface area contributed by atoms with Gasteiger partial charge in [-0.15, -0.1) is 0 Å². The Bertz CT molecular complexity index is 499. The standard InChI is InChI=1S/C11H9NO/c1-8-9(2)13-12-11(8)10-6-4-3-5-7-10/h3-7H,1-2H2. The highest BCUT2D eigenvalue weighted by Crippen LogP contribution is 2.09. The van der Waals surface area contributed by atoms with E-state index in [9.17, 15) is 0 Å². The van der Waals surface area contributed by atoms with Crippen molar-refractivity contribution in [3.05, 3.63) is 41.0 Å². The molecule has 2 nitrogen and oxygen atoms in total. The van der Waals surface area contributed by atoms with Crippen molar-refractivity contribution in [1.82, 2.24) is 5.16 Å². The Balaban J connectivity index is 2.67.